The fraction of sp³-hybridized carbons (Fsp3) is 0.0952. The van der Waals surface area contributed by atoms with Crippen molar-refractivity contribution in [3.05, 3.63) is 75.7 Å². The Kier molecular flexibility index (Phi) is 5.51. The second-order valence-corrected chi connectivity index (χ2v) is 7.50. The van der Waals surface area contributed by atoms with Crippen molar-refractivity contribution in [2.24, 2.45) is 0 Å². The fourth-order valence-electron chi connectivity index (χ4n) is 2.83. The number of carbonyl (C=O) groups is 1. The van der Waals surface area contributed by atoms with Gasteiger partial charge < -0.3 is 10.1 Å². The molecule has 0 spiro atoms. The lowest BCUT2D eigenvalue weighted by Gasteiger charge is -2.09. The van der Waals surface area contributed by atoms with Crippen LogP contribution in [-0.2, 0) is 0 Å². The van der Waals surface area contributed by atoms with E-state index in [2.05, 4.69) is 31.4 Å². The number of hydrogen-bond donors (Lipinski definition) is 1. The van der Waals surface area contributed by atoms with E-state index in [1.165, 1.54) is 4.80 Å². The number of benzene rings is 3. The van der Waals surface area contributed by atoms with Crippen LogP contribution in [0.5, 0.6) is 5.75 Å². The number of anilines is 1. The lowest BCUT2D eigenvalue weighted by molar-refractivity contribution is 0.102. The molecular weight excluding hydrogens is 456 g/mol. The van der Waals surface area contributed by atoms with Gasteiger partial charge in [-0.2, -0.15) is 4.80 Å². The van der Waals surface area contributed by atoms with Crippen LogP contribution in [0.25, 0.3) is 16.7 Å². The SMILES string of the molecule is CCOc1ccc(C(=O)Nc2ccc3nn(-c4cccc(Cl)c4)nc3c2)cc1Br. The van der Waals surface area contributed by atoms with Gasteiger partial charge in [-0.25, -0.2) is 0 Å². The molecule has 0 aliphatic heterocycles. The molecule has 1 aromatic heterocycles. The molecule has 0 atom stereocenters. The number of halogens is 2. The lowest BCUT2D eigenvalue weighted by atomic mass is 10.2. The third-order valence-corrected chi connectivity index (χ3v) is 5.03. The minimum Gasteiger partial charge on any atom is -0.493 e. The first kappa shape index (κ1) is 19.4. The highest BCUT2D eigenvalue weighted by Gasteiger charge is 2.11. The van der Waals surface area contributed by atoms with Crippen molar-refractivity contribution in [1.29, 1.82) is 0 Å². The molecule has 1 N–H and O–H groups in total. The molecule has 0 saturated carbocycles. The lowest BCUT2D eigenvalue weighted by Crippen LogP contribution is -2.12. The maximum Gasteiger partial charge on any atom is 0.255 e. The molecular formula is C21H16BrClN4O2. The molecule has 1 amide bonds. The predicted molar refractivity (Wildman–Crippen MR) is 117 cm³/mol. The smallest absolute Gasteiger partial charge is 0.255 e. The first-order chi connectivity index (χ1) is 14.0. The number of carbonyl (C=O) groups excluding carboxylic acids is 1. The molecule has 8 heteroatoms. The summed E-state index contributed by atoms with van der Waals surface area (Å²) in [5, 5.41) is 12.4. The Hall–Kier alpha value is -2.90. The van der Waals surface area contributed by atoms with Gasteiger partial charge in [-0.05, 0) is 77.5 Å². The van der Waals surface area contributed by atoms with Crippen LogP contribution in [0.4, 0.5) is 5.69 Å². The van der Waals surface area contributed by atoms with Crippen LogP contribution in [0, 0.1) is 0 Å². The van der Waals surface area contributed by atoms with E-state index in [0.29, 0.717) is 39.7 Å². The zero-order valence-corrected chi connectivity index (χ0v) is 17.7. The van der Waals surface area contributed by atoms with E-state index >= 15 is 0 Å². The quantitative estimate of drug-likeness (QED) is 0.418. The van der Waals surface area contributed by atoms with Crippen LogP contribution < -0.4 is 10.1 Å². The Morgan fingerprint density at radius 1 is 1.10 bits per heavy atom. The molecule has 6 nitrogen and oxygen atoms in total. The number of fused-ring (bicyclic) bond motifs is 1. The minimum atomic E-state index is -0.227. The molecule has 0 radical (unpaired) electrons. The number of rotatable bonds is 5. The minimum absolute atomic E-state index is 0.227. The molecule has 0 saturated heterocycles. The highest BCUT2D eigenvalue weighted by molar-refractivity contribution is 9.10. The van der Waals surface area contributed by atoms with Crippen molar-refractivity contribution in [3.63, 3.8) is 0 Å². The molecule has 4 aromatic rings. The molecule has 0 bridgehead atoms. The summed E-state index contributed by atoms with van der Waals surface area (Å²) >= 11 is 9.47. The van der Waals surface area contributed by atoms with Gasteiger partial charge in [0.15, 0.2) is 0 Å². The van der Waals surface area contributed by atoms with Crippen molar-refractivity contribution >= 4 is 50.2 Å². The van der Waals surface area contributed by atoms with Gasteiger partial charge in [0.05, 0.1) is 16.8 Å². The monoisotopic (exact) mass is 470 g/mol. The second kappa shape index (κ2) is 8.23. The van der Waals surface area contributed by atoms with E-state index in [-0.39, 0.29) is 5.91 Å². The first-order valence-corrected chi connectivity index (χ1v) is 10.1. The average molecular weight is 472 g/mol. The molecule has 1 heterocycles. The second-order valence-electron chi connectivity index (χ2n) is 6.21. The van der Waals surface area contributed by atoms with Crippen LogP contribution >= 0.6 is 27.5 Å². The van der Waals surface area contributed by atoms with Crippen LogP contribution in [-0.4, -0.2) is 27.5 Å². The molecule has 0 aliphatic rings. The summed E-state index contributed by atoms with van der Waals surface area (Å²) < 4.78 is 6.21. The number of hydrogen-bond acceptors (Lipinski definition) is 4. The van der Waals surface area contributed by atoms with Gasteiger partial charge >= 0.3 is 0 Å². The summed E-state index contributed by atoms with van der Waals surface area (Å²) in [5.74, 6) is 0.471. The zero-order valence-electron chi connectivity index (χ0n) is 15.4. The number of aromatic nitrogens is 3. The van der Waals surface area contributed by atoms with Gasteiger partial charge in [0, 0.05) is 16.3 Å². The predicted octanol–water partition coefficient (Wildman–Crippen LogP) is 5.49. The highest BCUT2D eigenvalue weighted by atomic mass is 79.9. The van der Waals surface area contributed by atoms with E-state index in [9.17, 15) is 4.79 Å². The average Bonchev–Trinajstić information content (AvgIpc) is 3.13. The third-order valence-electron chi connectivity index (χ3n) is 4.17. The Bertz CT molecular complexity index is 1210. The fourth-order valence-corrected chi connectivity index (χ4v) is 3.50. The van der Waals surface area contributed by atoms with Gasteiger partial charge in [-0.3, -0.25) is 4.79 Å². The Morgan fingerprint density at radius 2 is 1.93 bits per heavy atom. The van der Waals surface area contributed by atoms with Crippen molar-refractivity contribution in [2.75, 3.05) is 11.9 Å². The van der Waals surface area contributed by atoms with Gasteiger partial charge in [0.25, 0.3) is 5.91 Å². The maximum absolute atomic E-state index is 12.6. The molecule has 0 unspecified atom stereocenters. The molecule has 4 rings (SSSR count). The van der Waals surface area contributed by atoms with E-state index in [1.54, 1.807) is 42.5 Å². The normalized spacial score (nSPS) is 10.9. The standard InChI is InChI=1S/C21H16BrClN4O2/c1-2-29-20-9-6-13(10-17(20)22)21(28)24-15-7-8-18-19(12-15)26-27(25-18)16-5-3-4-14(23)11-16/h3-12H,2H2,1H3,(H,24,28). The van der Waals surface area contributed by atoms with E-state index in [4.69, 9.17) is 16.3 Å². The van der Waals surface area contributed by atoms with Crippen LogP contribution in [0.15, 0.2) is 65.1 Å². The summed E-state index contributed by atoms with van der Waals surface area (Å²) in [6.07, 6.45) is 0. The molecule has 146 valence electrons. The summed E-state index contributed by atoms with van der Waals surface area (Å²) in [5.41, 5.74) is 3.29. The van der Waals surface area contributed by atoms with E-state index in [0.717, 1.165) is 10.2 Å². The maximum atomic E-state index is 12.6. The number of nitrogens with zero attached hydrogens (tertiary/aromatic N) is 3. The topological polar surface area (TPSA) is 69.0 Å². The number of ether oxygens (including phenoxy) is 1. The van der Waals surface area contributed by atoms with Crippen LogP contribution in [0.2, 0.25) is 5.02 Å². The Labute approximate surface area is 180 Å². The van der Waals surface area contributed by atoms with E-state index < -0.39 is 0 Å². The summed E-state index contributed by atoms with van der Waals surface area (Å²) in [4.78, 5) is 14.1. The molecule has 0 fully saturated rings. The largest absolute Gasteiger partial charge is 0.493 e. The molecule has 0 aliphatic carbocycles. The van der Waals surface area contributed by atoms with Crippen molar-refractivity contribution in [3.8, 4) is 11.4 Å². The van der Waals surface area contributed by atoms with Crippen LogP contribution in [0.3, 0.4) is 0 Å². The van der Waals surface area contributed by atoms with Gasteiger partial charge in [-0.15, -0.1) is 10.2 Å². The van der Waals surface area contributed by atoms with Crippen LogP contribution in [0.1, 0.15) is 17.3 Å². The molecule has 3 aromatic carbocycles. The highest BCUT2D eigenvalue weighted by Crippen LogP contribution is 2.26. The van der Waals surface area contributed by atoms with Gasteiger partial charge in [0.2, 0.25) is 0 Å². The third kappa shape index (κ3) is 4.26. The number of amides is 1. The zero-order chi connectivity index (χ0) is 20.4. The van der Waals surface area contributed by atoms with Crippen molar-refractivity contribution < 1.29 is 9.53 Å². The Morgan fingerprint density at radius 3 is 2.69 bits per heavy atom. The van der Waals surface area contributed by atoms with E-state index in [1.807, 2.05) is 25.1 Å². The van der Waals surface area contributed by atoms with Gasteiger partial charge in [-0.1, -0.05) is 17.7 Å². The van der Waals surface area contributed by atoms with Crippen molar-refractivity contribution in [1.82, 2.24) is 15.0 Å². The summed E-state index contributed by atoms with van der Waals surface area (Å²) in [6, 6.07) is 17.9. The number of nitrogens with one attached hydrogen (secondary N) is 1. The summed E-state index contributed by atoms with van der Waals surface area (Å²) in [6.45, 7) is 2.46. The molecule has 29 heavy (non-hydrogen) atoms. The van der Waals surface area contributed by atoms with Gasteiger partial charge in [0.1, 0.15) is 16.8 Å². The first-order valence-electron chi connectivity index (χ1n) is 8.90. The summed E-state index contributed by atoms with van der Waals surface area (Å²) in [7, 11) is 0. The Balaban J connectivity index is 1.57. The van der Waals surface area contributed by atoms with Crippen molar-refractivity contribution in [2.45, 2.75) is 6.92 Å².